The molecule has 1 amide bonds. The molecule has 21 heavy (non-hydrogen) atoms. The van der Waals surface area contributed by atoms with Gasteiger partial charge in [0.2, 0.25) is 5.91 Å². The lowest BCUT2D eigenvalue weighted by Crippen LogP contribution is -2.07. The summed E-state index contributed by atoms with van der Waals surface area (Å²) in [5, 5.41) is 2.78. The van der Waals surface area contributed by atoms with Gasteiger partial charge in [-0.15, -0.1) is 0 Å². The van der Waals surface area contributed by atoms with E-state index in [9.17, 15) is 4.79 Å². The van der Waals surface area contributed by atoms with Crippen molar-refractivity contribution in [2.45, 2.75) is 0 Å². The van der Waals surface area contributed by atoms with Gasteiger partial charge in [-0.1, -0.05) is 30.3 Å². The SMILES string of the molecule is COc1ccc(NC(=O)C=Cc2ccccc2)cc1OC. The lowest BCUT2D eigenvalue weighted by molar-refractivity contribution is -0.111. The third-order valence-electron chi connectivity index (χ3n) is 2.88. The molecule has 0 saturated carbocycles. The maximum Gasteiger partial charge on any atom is 0.248 e. The van der Waals surface area contributed by atoms with Crippen LogP contribution in [-0.4, -0.2) is 20.1 Å². The second-order valence-corrected chi connectivity index (χ2v) is 4.30. The number of hydrogen-bond acceptors (Lipinski definition) is 3. The Labute approximate surface area is 124 Å². The number of anilines is 1. The number of hydrogen-bond donors (Lipinski definition) is 1. The van der Waals surface area contributed by atoms with Gasteiger partial charge >= 0.3 is 0 Å². The van der Waals surface area contributed by atoms with E-state index < -0.39 is 0 Å². The minimum absolute atomic E-state index is 0.203. The highest BCUT2D eigenvalue weighted by molar-refractivity contribution is 6.02. The first-order valence-electron chi connectivity index (χ1n) is 6.49. The lowest BCUT2D eigenvalue weighted by atomic mass is 10.2. The van der Waals surface area contributed by atoms with Gasteiger partial charge in [0.05, 0.1) is 14.2 Å². The van der Waals surface area contributed by atoms with Gasteiger partial charge in [0.15, 0.2) is 11.5 Å². The van der Waals surface area contributed by atoms with E-state index in [1.165, 1.54) is 6.08 Å². The zero-order valence-corrected chi connectivity index (χ0v) is 12.0. The molecule has 0 aliphatic carbocycles. The average molecular weight is 283 g/mol. The van der Waals surface area contributed by atoms with Crippen molar-refractivity contribution in [2.24, 2.45) is 0 Å². The van der Waals surface area contributed by atoms with Gasteiger partial charge in [0, 0.05) is 17.8 Å². The predicted molar refractivity (Wildman–Crippen MR) is 83.7 cm³/mol. The highest BCUT2D eigenvalue weighted by atomic mass is 16.5. The normalized spacial score (nSPS) is 10.4. The quantitative estimate of drug-likeness (QED) is 0.856. The Kier molecular flexibility index (Phi) is 4.99. The van der Waals surface area contributed by atoms with E-state index in [1.54, 1.807) is 38.5 Å². The third-order valence-corrected chi connectivity index (χ3v) is 2.88. The maximum atomic E-state index is 11.9. The first kappa shape index (κ1) is 14.7. The minimum atomic E-state index is -0.203. The van der Waals surface area contributed by atoms with Crippen LogP contribution < -0.4 is 14.8 Å². The molecular formula is C17H17NO3. The van der Waals surface area contributed by atoms with E-state index in [0.717, 1.165) is 5.56 Å². The summed E-state index contributed by atoms with van der Waals surface area (Å²) in [6.45, 7) is 0. The summed E-state index contributed by atoms with van der Waals surface area (Å²) < 4.78 is 10.3. The van der Waals surface area contributed by atoms with Gasteiger partial charge < -0.3 is 14.8 Å². The Bertz CT molecular complexity index is 636. The van der Waals surface area contributed by atoms with E-state index in [2.05, 4.69) is 5.32 Å². The van der Waals surface area contributed by atoms with Crippen LogP contribution in [0.4, 0.5) is 5.69 Å². The summed E-state index contributed by atoms with van der Waals surface area (Å²) in [5.74, 6) is 0.990. The lowest BCUT2D eigenvalue weighted by Gasteiger charge is -2.09. The van der Waals surface area contributed by atoms with Gasteiger partial charge in [-0.3, -0.25) is 4.79 Å². The summed E-state index contributed by atoms with van der Waals surface area (Å²) in [6.07, 6.45) is 3.25. The van der Waals surface area contributed by atoms with Gasteiger partial charge in [0.1, 0.15) is 0 Å². The Balaban J connectivity index is 2.04. The standard InChI is InChI=1S/C17H17NO3/c1-20-15-10-9-14(12-16(15)21-2)18-17(19)11-8-13-6-4-3-5-7-13/h3-12H,1-2H3,(H,18,19). The largest absolute Gasteiger partial charge is 0.493 e. The molecular weight excluding hydrogens is 266 g/mol. The highest BCUT2D eigenvalue weighted by Gasteiger charge is 2.05. The van der Waals surface area contributed by atoms with Crippen LogP contribution in [0.5, 0.6) is 11.5 Å². The molecule has 0 aliphatic rings. The van der Waals surface area contributed by atoms with Crippen LogP contribution in [0.1, 0.15) is 5.56 Å². The molecule has 0 saturated heterocycles. The fraction of sp³-hybridized carbons (Fsp3) is 0.118. The Morgan fingerprint density at radius 1 is 1.00 bits per heavy atom. The van der Waals surface area contributed by atoms with Crippen LogP contribution in [0.25, 0.3) is 6.08 Å². The molecule has 0 aromatic heterocycles. The van der Waals surface area contributed by atoms with Crippen molar-refractivity contribution < 1.29 is 14.3 Å². The minimum Gasteiger partial charge on any atom is -0.493 e. The summed E-state index contributed by atoms with van der Waals surface area (Å²) in [6, 6.07) is 14.9. The molecule has 1 N–H and O–H groups in total. The topological polar surface area (TPSA) is 47.6 Å². The van der Waals surface area contributed by atoms with Gasteiger partial charge in [-0.05, 0) is 23.8 Å². The zero-order valence-electron chi connectivity index (χ0n) is 12.0. The van der Waals surface area contributed by atoms with Crippen LogP contribution in [0.15, 0.2) is 54.6 Å². The molecule has 2 aromatic rings. The average Bonchev–Trinajstić information content (AvgIpc) is 2.53. The van der Waals surface area contributed by atoms with Crippen LogP contribution >= 0.6 is 0 Å². The fourth-order valence-corrected chi connectivity index (χ4v) is 1.83. The summed E-state index contributed by atoms with van der Waals surface area (Å²) in [4.78, 5) is 11.9. The summed E-state index contributed by atoms with van der Waals surface area (Å²) in [7, 11) is 3.12. The van der Waals surface area contributed by atoms with Crippen LogP contribution in [0.3, 0.4) is 0 Å². The summed E-state index contributed by atoms with van der Waals surface area (Å²) >= 11 is 0. The summed E-state index contributed by atoms with van der Waals surface area (Å²) in [5.41, 5.74) is 1.62. The van der Waals surface area contributed by atoms with Crippen molar-refractivity contribution in [3.8, 4) is 11.5 Å². The Morgan fingerprint density at radius 2 is 1.71 bits per heavy atom. The maximum absolute atomic E-state index is 11.9. The molecule has 0 atom stereocenters. The first-order valence-corrected chi connectivity index (χ1v) is 6.49. The van der Waals surface area contributed by atoms with Crippen LogP contribution in [0.2, 0.25) is 0 Å². The molecule has 0 fully saturated rings. The van der Waals surface area contributed by atoms with Crippen LogP contribution in [-0.2, 0) is 4.79 Å². The first-order chi connectivity index (χ1) is 10.2. The van der Waals surface area contributed by atoms with Crippen molar-refractivity contribution in [3.63, 3.8) is 0 Å². The molecule has 4 heteroatoms. The Morgan fingerprint density at radius 3 is 2.38 bits per heavy atom. The smallest absolute Gasteiger partial charge is 0.248 e. The van der Waals surface area contributed by atoms with Gasteiger partial charge in [0.25, 0.3) is 0 Å². The molecule has 2 aromatic carbocycles. The molecule has 0 spiro atoms. The number of ether oxygens (including phenoxy) is 2. The van der Waals surface area contributed by atoms with E-state index in [0.29, 0.717) is 17.2 Å². The van der Waals surface area contributed by atoms with Crippen molar-refractivity contribution >= 4 is 17.7 Å². The van der Waals surface area contributed by atoms with E-state index in [-0.39, 0.29) is 5.91 Å². The molecule has 2 rings (SSSR count). The second kappa shape index (κ2) is 7.14. The molecule has 108 valence electrons. The fourth-order valence-electron chi connectivity index (χ4n) is 1.83. The molecule has 0 radical (unpaired) electrons. The van der Waals surface area contributed by atoms with Crippen molar-refractivity contribution in [1.29, 1.82) is 0 Å². The van der Waals surface area contributed by atoms with Gasteiger partial charge in [-0.25, -0.2) is 0 Å². The van der Waals surface area contributed by atoms with Crippen molar-refractivity contribution in [3.05, 3.63) is 60.2 Å². The molecule has 0 aliphatic heterocycles. The number of nitrogens with one attached hydrogen (secondary N) is 1. The third kappa shape index (κ3) is 4.11. The number of rotatable bonds is 5. The van der Waals surface area contributed by atoms with E-state index in [4.69, 9.17) is 9.47 Å². The molecule has 0 bridgehead atoms. The zero-order chi connectivity index (χ0) is 15.1. The van der Waals surface area contributed by atoms with E-state index >= 15 is 0 Å². The molecule has 0 heterocycles. The van der Waals surface area contributed by atoms with Crippen LogP contribution in [0, 0.1) is 0 Å². The number of carbonyl (C=O) groups is 1. The highest BCUT2D eigenvalue weighted by Crippen LogP contribution is 2.29. The number of methoxy groups -OCH3 is 2. The number of amides is 1. The number of benzene rings is 2. The molecule has 0 unspecified atom stereocenters. The predicted octanol–water partition coefficient (Wildman–Crippen LogP) is 3.36. The number of carbonyl (C=O) groups excluding carboxylic acids is 1. The Hall–Kier alpha value is -2.75. The van der Waals surface area contributed by atoms with Crippen molar-refractivity contribution in [1.82, 2.24) is 0 Å². The van der Waals surface area contributed by atoms with E-state index in [1.807, 2.05) is 30.3 Å². The second-order valence-electron chi connectivity index (χ2n) is 4.30. The molecule has 4 nitrogen and oxygen atoms in total. The monoisotopic (exact) mass is 283 g/mol. The van der Waals surface area contributed by atoms with Gasteiger partial charge in [-0.2, -0.15) is 0 Å². The van der Waals surface area contributed by atoms with Crippen molar-refractivity contribution in [2.75, 3.05) is 19.5 Å².